The molecule has 1 saturated heterocycles. The van der Waals surface area contributed by atoms with E-state index in [1.165, 1.54) is 0 Å². The van der Waals surface area contributed by atoms with E-state index in [9.17, 15) is 4.79 Å². The number of fused-ring (bicyclic) bond motifs is 1. The molecule has 1 unspecified atom stereocenters. The molecule has 5 heteroatoms. The van der Waals surface area contributed by atoms with Gasteiger partial charge in [-0.25, -0.2) is 0 Å². The standard InChI is InChI=1S/C14H18N2O3/c1-9-13(17)16-11-6-10(2-3-12(11)19-9)14(4-5-15)7-18-8-14/h2-3,6,9H,4-5,7-8,15H2,1H3,(H,16,17). The van der Waals surface area contributed by atoms with Gasteiger partial charge in [-0.15, -0.1) is 0 Å². The summed E-state index contributed by atoms with van der Waals surface area (Å²) in [5.74, 6) is 0.612. The molecule has 19 heavy (non-hydrogen) atoms. The third-order valence-electron chi connectivity index (χ3n) is 3.90. The summed E-state index contributed by atoms with van der Waals surface area (Å²) in [5.41, 5.74) is 7.58. The number of anilines is 1. The van der Waals surface area contributed by atoms with Crippen molar-refractivity contribution in [2.45, 2.75) is 24.9 Å². The predicted octanol–water partition coefficient (Wildman–Crippen LogP) is 1.02. The third kappa shape index (κ3) is 1.99. The SMILES string of the molecule is CC1Oc2ccc(C3(CCN)COC3)cc2NC1=O. The summed E-state index contributed by atoms with van der Waals surface area (Å²) in [7, 11) is 0. The molecule has 1 amide bonds. The Hall–Kier alpha value is -1.59. The monoisotopic (exact) mass is 262 g/mol. The molecule has 1 aromatic rings. The summed E-state index contributed by atoms with van der Waals surface area (Å²) in [6, 6.07) is 5.94. The molecule has 0 radical (unpaired) electrons. The van der Waals surface area contributed by atoms with Crippen molar-refractivity contribution < 1.29 is 14.3 Å². The van der Waals surface area contributed by atoms with Crippen molar-refractivity contribution in [2.75, 3.05) is 25.1 Å². The van der Waals surface area contributed by atoms with Gasteiger partial charge < -0.3 is 20.5 Å². The summed E-state index contributed by atoms with van der Waals surface area (Å²) in [6.45, 7) is 3.74. The lowest BCUT2D eigenvalue weighted by atomic mass is 9.75. The van der Waals surface area contributed by atoms with Crippen molar-refractivity contribution in [1.29, 1.82) is 0 Å². The Kier molecular flexibility index (Phi) is 2.95. The second-order valence-corrected chi connectivity index (χ2v) is 5.27. The molecule has 102 valence electrons. The van der Waals surface area contributed by atoms with Crippen LogP contribution in [0.5, 0.6) is 5.75 Å². The summed E-state index contributed by atoms with van der Waals surface area (Å²) in [6.07, 6.45) is 0.445. The average molecular weight is 262 g/mol. The number of benzene rings is 1. The highest BCUT2D eigenvalue weighted by Crippen LogP contribution is 2.40. The fourth-order valence-electron chi connectivity index (χ4n) is 2.62. The Morgan fingerprint density at radius 1 is 1.47 bits per heavy atom. The zero-order valence-electron chi connectivity index (χ0n) is 10.9. The van der Waals surface area contributed by atoms with Gasteiger partial charge in [-0.05, 0) is 37.6 Å². The van der Waals surface area contributed by atoms with E-state index in [2.05, 4.69) is 5.32 Å². The number of hydrogen-bond acceptors (Lipinski definition) is 4. The maximum Gasteiger partial charge on any atom is 0.265 e. The van der Waals surface area contributed by atoms with Crippen LogP contribution in [0.3, 0.4) is 0 Å². The van der Waals surface area contributed by atoms with E-state index in [0.717, 1.165) is 23.4 Å². The average Bonchev–Trinajstić information content (AvgIpc) is 2.35. The first-order valence-electron chi connectivity index (χ1n) is 6.54. The van der Waals surface area contributed by atoms with Crippen LogP contribution >= 0.6 is 0 Å². The first-order chi connectivity index (χ1) is 9.14. The van der Waals surface area contributed by atoms with Gasteiger partial charge in [0.15, 0.2) is 6.10 Å². The fourth-order valence-corrected chi connectivity index (χ4v) is 2.62. The molecule has 3 N–H and O–H groups in total. The Bertz CT molecular complexity index is 511. The number of nitrogens with one attached hydrogen (secondary N) is 1. The number of carbonyl (C=O) groups is 1. The highest BCUT2D eigenvalue weighted by atomic mass is 16.5. The number of carbonyl (C=O) groups excluding carboxylic acids is 1. The Morgan fingerprint density at radius 2 is 2.26 bits per heavy atom. The first-order valence-corrected chi connectivity index (χ1v) is 6.54. The molecule has 3 rings (SSSR count). The van der Waals surface area contributed by atoms with E-state index in [4.69, 9.17) is 15.2 Å². The largest absolute Gasteiger partial charge is 0.479 e. The third-order valence-corrected chi connectivity index (χ3v) is 3.90. The number of nitrogens with two attached hydrogens (primary N) is 1. The minimum absolute atomic E-state index is 0.00241. The van der Waals surface area contributed by atoms with Crippen LogP contribution in [0.15, 0.2) is 18.2 Å². The molecule has 2 heterocycles. The molecule has 2 aliphatic rings. The fraction of sp³-hybridized carbons (Fsp3) is 0.500. The van der Waals surface area contributed by atoms with E-state index in [1.807, 2.05) is 18.2 Å². The summed E-state index contributed by atoms with van der Waals surface area (Å²) in [5, 5.41) is 2.88. The van der Waals surface area contributed by atoms with Crippen LogP contribution in [0.2, 0.25) is 0 Å². The maximum absolute atomic E-state index is 11.6. The van der Waals surface area contributed by atoms with Gasteiger partial charge in [0.1, 0.15) is 5.75 Å². The zero-order chi connectivity index (χ0) is 13.5. The molecule has 0 aromatic heterocycles. The number of ether oxygens (including phenoxy) is 2. The normalized spacial score (nSPS) is 23.9. The number of amides is 1. The Morgan fingerprint density at radius 3 is 2.89 bits per heavy atom. The summed E-state index contributed by atoms with van der Waals surface area (Å²) in [4.78, 5) is 11.6. The van der Waals surface area contributed by atoms with E-state index in [1.54, 1.807) is 6.92 Å². The van der Waals surface area contributed by atoms with Crippen LogP contribution in [0.4, 0.5) is 5.69 Å². The van der Waals surface area contributed by atoms with E-state index >= 15 is 0 Å². The van der Waals surface area contributed by atoms with Crippen molar-refractivity contribution >= 4 is 11.6 Å². The highest BCUT2D eigenvalue weighted by Gasteiger charge is 2.40. The van der Waals surface area contributed by atoms with Gasteiger partial charge in [-0.1, -0.05) is 6.07 Å². The molecule has 1 fully saturated rings. The van der Waals surface area contributed by atoms with E-state index in [0.29, 0.717) is 19.8 Å². The lowest BCUT2D eigenvalue weighted by Crippen LogP contribution is -2.48. The minimum Gasteiger partial charge on any atom is -0.479 e. The predicted molar refractivity (Wildman–Crippen MR) is 71.3 cm³/mol. The van der Waals surface area contributed by atoms with Crippen molar-refractivity contribution in [2.24, 2.45) is 5.73 Å². The Balaban J connectivity index is 1.93. The van der Waals surface area contributed by atoms with Crippen molar-refractivity contribution in [1.82, 2.24) is 0 Å². The molecule has 5 nitrogen and oxygen atoms in total. The molecular weight excluding hydrogens is 244 g/mol. The maximum atomic E-state index is 11.6. The second kappa shape index (κ2) is 4.51. The van der Waals surface area contributed by atoms with Crippen molar-refractivity contribution in [3.05, 3.63) is 23.8 Å². The molecule has 0 aliphatic carbocycles. The van der Waals surface area contributed by atoms with Crippen molar-refractivity contribution in [3.8, 4) is 5.75 Å². The van der Waals surface area contributed by atoms with Gasteiger partial charge in [-0.3, -0.25) is 4.79 Å². The van der Waals surface area contributed by atoms with Gasteiger partial charge in [0.25, 0.3) is 5.91 Å². The van der Waals surface area contributed by atoms with Crippen LogP contribution in [0, 0.1) is 0 Å². The summed E-state index contributed by atoms with van der Waals surface area (Å²) < 4.78 is 10.9. The van der Waals surface area contributed by atoms with Gasteiger partial charge in [0.2, 0.25) is 0 Å². The van der Waals surface area contributed by atoms with E-state index < -0.39 is 6.10 Å². The highest BCUT2D eigenvalue weighted by molar-refractivity contribution is 5.97. The zero-order valence-corrected chi connectivity index (χ0v) is 10.9. The van der Waals surface area contributed by atoms with Gasteiger partial charge in [-0.2, -0.15) is 0 Å². The Labute approximate surface area is 112 Å². The lowest BCUT2D eigenvalue weighted by Gasteiger charge is -2.42. The molecule has 0 bridgehead atoms. The van der Waals surface area contributed by atoms with Crippen LogP contribution in [-0.4, -0.2) is 31.8 Å². The first kappa shape index (κ1) is 12.4. The topological polar surface area (TPSA) is 73.6 Å². The van der Waals surface area contributed by atoms with Crippen LogP contribution < -0.4 is 15.8 Å². The second-order valence-electron chi connectivity index (χ2n) is 5.27. The lowest BCUT2D eigenvalue weighted by molar-refractivity contribution is -0.122. The summed E-state index contributed by atoms with van der Waals surface area (Å²) >= 11 is 0. The van der Waals surface area contributed by atoms with E-state index in [-0.39, 0.29) is 11.3 Å². The van der Waals surface area contributed by atoms with Gasteiger partial charge in [0, 0.05) is 5.41 Å². The van der Waals surface area contributed by atoms with Crippen LogP contribution in [0.25, 0.3) is 0 Å². The molecule has 1 aromatic carbocycles. The number of rotatable bonds is 3. The van der Waals surface area contributed by atoms with Crippen LogP contribution in [0.1, 0.15) is 18.9 Å². The smallest absolute Gasteiger partial charge is 0.265 e. The molecule has 0 saturated carbocycles. The minimum atomic E-state index is -0.441. The molecular formula is C14H18N2O3. The van der Waals surface area contributed by atoms with Crippen molar-refractivity contribution in [3.63, 3.8) is 0 Å². The van der Waals surface area contributed by atoms with Gasteiger partial charge >= 0.3 is 0 Å². The molecule has 2 aliphatic heterocycles. The quantitative estimate of drug-likeness (QED) is 0.853. The van der Waals surface area contributed by atoms with Gasteiger partial charge in [0.05, 0.1) is 18.9 Å². The molecule has 0 spiro atoms. The van der Waals surface area contributed by atoms with Crippen LogP contribution in [-0.2, 0) is 14.9 Å². The number of hydrogen-bond donors (Lipinski definition) is 2. The molecule has 1 atom stereocenters.